The van der Waals surface area contributed by atoms with Crippen LogP contribution in [0.5, 0.6) is 0 Å². The first-order valence-corrected chi connectivity index (χ1v) is 35.9. The average molecular weight is 1100 g/mol. The van der Waals surface area contributed by atoms with Crippen molar-refractivity contribution in [3.8, 4) is 0 Å². The van der Waals surface area contributed by atoms with Crippen molar-refractivity contribution in [3.63, 3.8) is 0 Å². The predicted octanol–water partition coefficient (Wildman–Crippen LogP) is 23.1. The van der Waals surface area contributed by atoms with E-state index in [1.165, 1.54) is 334 Å². The number of rotatable bonds is 68. The molecule has 0 saturated heterocycles. The third kappa shape index (κ3) is 63.8. The minimum atomic E-state index is -0.662. The van der Waals surface area contributed by atoms with Gasteiger partial charge in [-0.15, -0.1) is 0 Å². The molecule has 0 fully saturated rings. The molecule has 0 aromatic heterocycles. The fourth-order valence-electron chi connectivity index (χ4n) is 11.6. The van der Waals surface area contributed by atoms with Crippen LogP contribution in [0.1, 0.15) is 412 Å². The lowest BCUT2D eigenvalue weighted by Gasteiger charge is -2.22. The van der Waals surface area contributed by atoms with Crippen molar-refractivity contribution < 1.29 is 24.5 Å². The molecule has 0 saturated carbocycles. The molecule has 464 valence electrons. The molecule has 0 aliphatic carbocycles. The second-order valence-corrected chi connectivity index (χ2v) is 24.9. The number of unbranched alkanes of at least 4 members (excludes halogenated alkanes) is 55. The number of carbonyl (C=O) groups excluding carboxylic acids is 2. The number of hydrogen-bond acceptors (Lipinski definition) is 5. The highest BCUT2D eigenvalue weighted by Gasteiger charge is 2.20. The van der Waals surface area contributed by atoms with E-state index in [-0.39, 0.29) is 18.5 Å². The van der Waals surface area contributed by atoms with Crippen molar-refractivity contribution >= 4 is 11.9 Å². The zero-order valence-electron chi connectivity index (χ0n) is 53.2. The third-order valence-electron chi connectivity index (χ3n) is 17.1. The maximum Gasteiger partial charge on any atom is 0.305 e. The number of aliphatic hydroxyl groups excluding tert-OH is 2. The van der Waals surface area contributed by atoms with E-state index in [9.17, 15) is 19.8 Å². The molecule has 0 aliphatic rings. The molecule has 2 unspecified atom stereocenters. The molecule has 0 aromatic carbocycles. The van der Waals surface area contributed by atoms with Crippen molar-refractivity contribution in [3.05, 3.63) is 12.2 Å². The van der Waals surface area contributed by atoms with Crippen LogP contribution in [0.2, 0.25) is 0 Å². The maximum atomic E-state index is 12.5. The minimum Gasteiger partial charge on any atom is -0.466 e. The first-order chi connectivity index (χ1) is 38.5. The van der Waals surface area contributed by atoms with Crippen molar-refractivity contribution in [1.82, 2.24) is 5.32 Å². The van der Waals surface area contributed by atoms with Crippen molar-refractivity contribution in [2.75, 3.05) is 13.2 Å². The minimum absolute atomic E-state index is 0.0112. The summed E-state index contributed by atoms with van der Waals surface area (Å²) in [7, 11) is 0. The van der Waals surface area contributed by atoms with Gasteiger partial charge in [0, 0.05) is 12.8 Å². The van der Waals surface area contributed by atoms with Crippen LogP contribution in [-0.4, -0.2) is 47.4 Å². The quantitative estimate of drug-likeness (QED) is 0.0320. The van der Waals surface area contributed by atoms with Gasteiger partial charge >= 0.3 is 5.97 Å². The van der Waals surface area contributed by atoms with E-state index in [1.54, 1.807) is 0 Å². The molecular weight excluding hydrogens is 959 g/mol. The van der Waals surface area contributed by atoms with Gasteiger partial charge in [0.25, 0.3) is 0 Å². The van der Waals surface area contributed by atoms with E-state index in [2.05, 4.69) is 31.3 Å². The van der Waals surface area contributed by atoms with Crippen LogP contribution in [0.3, 0.4) is 0 Å². The Labute approximate surface area is 489 Å². The fraction of sp³-hybridized carbons (Fsp3) is 0.944. The lowest BCUT2D eigenvalue weighted by Crippen LogP contribution is -2.45. The van der Waals surface area contributed by atoms with Gasteiger partial charge in [-0.05, 0) is 51.4 Å². The Kier molecular flexibility index (Phi) is 66.9. The summed E-state index contributed by atoms with van der Waals surface area (Å²) in [6, 6.07) is -0.539. The number of allylic oxidation sites excluding steroid dienone is 2. The van der Waals surface area contributed by atoms with Gasteiger partial charge in [-0.3, -0.25) is 9.59 Å². The van der Waals surface area contributed by atoms with Crippen molar-refractivity contribution in [2.24, 2.45) is 0 Å². The van der Waals surface area contributed by atoms with Gasteiger partial charge in [-0.1, -0.05) is 360 Å². The maximum absolute atomic E-state index is 12.5. The Bertz CT molecular complexity index is 1180. The largest absolute Gasteiger partial charge is 0.466 e. The van der Waals surface area contributed by atoms with Crippen LogP contribution in [0.15, 0.2) is 12.2 Å². The van der Waals surface area contributed by atoms with Gasteiger partial charge in [0.2, 0.25) is 5.91 Å². The fourth-order valence-corrected chi connectivity index (χ4v) is 11.6. The van der Waals surface area contributed by atoms with Gasteiger partial charge in [0.05, 0.1) is 25.4 Å². The molecule has 0 radical (unpaired) electrons. The van der Waals surface area contributed by atoms with Gasteiger partial charge in [0.1, 0.15) is 0 Å². The van der Waals surface area contributed by atoms with Gasteiger partial charge in [-0.25, -0.2) is 0 Å². The predicted molar refractivity (Wildman–Crippen MR) is 343 cm³/mol. The number of esters is 1. The third-order valence-corrected chi connectivity index (χ3v) is 17.1. The smallest absolute Gasteiger partial charge is 0.305 e. The highest BCUT2D eigenvalue weighted by Crippen LogP contribution is 2.19. The molecule has 0 spiro atoms. The number of hydrogen-bond donors (Lipinski definition) is 3. The molecule has 78 heavy (non-hydrogen) atoms. The Morgan fingerprint density at radius 1 is 0.346 bits per heavy atom. The number of carbonyl (C=O) groups is 2. The SMILES string of the molecule is CCCCCCCC/C=C\CCCCCCCC(=O)OCCCCCCCCCCCCCCCCCCCCCCCCCCCCCC(=O)NC(CO)C(O)CCCCCCCCCCCCCCCCCCCCC. The second-order valence-electron chi connectivity index (χ2n) is 24.9. The van der Waals surface area contributed by atoms with E-state index in [0.717, 1.165) is 44.9 Å². The standard InChI is InChI=1S/C72H141NO5/c1-3-5-7-9-11-13-15-17-19-20-30-33-37-40-44-48-52-56-60-64-70(75)69(68-74)73-71(76)65-61-57-53-49-45-41-38-34-31-28-26-24-22-21-23-25-27-29-32-35-39-43-47-51-55-59-63-67-78-72(77)66-62-58-54-50-46-42-36-18-16-14-12-10-8-6-4-2/h18,36,69-70,74-75H,3-17,19-35,37-68H2,1-2H3,(H,73,76)/b36-18-. The number of nitrogens with one attached hydrogen (secondary N) is 1. The zero-order valence-corrected chi connectivity index (χ0v) is 53.2. The highest BCUT2D eigenvalue weighted by atomic mass is 16.5. The topological polar surface area (TPSA) is 95.9 Å². The van der Waals surface area contributed by atoms with Crippen LogP contribution in [-0.2, 0) is 14.3 Å². The Hall–Kier alpha value is -1.40. The van der Waals surface area contributed by atoms with E-state index in [0.29, 0.717) is 25.9 Å². The molecule has 0 aliphatic heterocycles. The summed E-state index contributed by atoms with van der Waals surface area (Å²) in [5, 5.41) is 23.4. The number of amides is 1. The van der Waals surface area contributed by atoms with Gasteiger partial charge in [-0.2, -0.15) is 0 Å². The lowest BCUT2D eigenvalue weighted by atomic mass is 10.0. The van der Waals surface area contributed by atoms with Crippen LogP contribution in [0, 0.1) is 0 Å². The molecule has 6 heteroatoms. The summed E-state index contributed by atoms with van der Waals surface area (Å²) >= 11 is 0. The highest BCUT2D eigenvalue weighted by molar-refractivity contribution is 5.76. The second kappa shape index (κ2) is 68.1. The number of aliphatic hydroxyl groups is 2. The summed E-state index contributed by atoms with van der Waals surface area (Å²) in [6.45, 7) is 4.99. The molecular formula is C72H141NO5. The van der Waals surface area contributed by atoms with Crippen LogP contribution in [0.4, 0.5) is 0 Å². The average Bonchev–Trinajstić information content (AvgIpc) is 3.44. The Morgan fingerprint density at radius 2 is 0.603 bits per heavy atom. The monoisotopic (exact) mass is 1100 g/mol. The molecule has 3 N–H and O–H groups in total. The summed E-state index contributed by atoms with van der Waals surface area (Å²) in [5.41, 5.74) is 0. The molecule has 0 bridgehead atoms. The molecule has 6 nitrogen and oxygen atoms in total. The Balaban J connectivity index is 3.34. The molecule has 0 aromatic rings. The van der Waals surface area contributed by atoms with Crippen molar-refractivity contribution in [1.29, 1.82) is 0 Å². The van der Waals surface area contributed by atoms with E-state index < -0.39 is 12.1 Å². The number of ether oxygens (including phenoxy) is 1. The van der Waals surface area contributed by atoms with E-state index in [1.807, 2.05) is 0 Å². The first kappa shape index (κ1) is 76.6. The first-order valence-electron chi connectivity index (χ1n) is 35.9. The van der Waals surface area contributed by atoms with Crippen LogP contribution >= 0.6 is 0 Å². The summed E-state index contributed by atoms with van der Waals surface area (Å²) in [6.07, 6.45) is 84.1. The summed E-state index contributed by atoms with van der Waals surface area (Å²) in [5.74, 6) is -0.0164. The normalized spacial score (nSPS) is 12.5. The Morgan fingerprint density at radius 3 is 0.910 bits per heavy atom. The van der Waals surface area contributed by atoms with Gasteiger partial charge in [0.15, 0.2) is 0 Å². The van der Waals surface area contributed by atoms with Crippen LogP contribution < -0.4 is 5.32 Å². The molecule has 0 rings (SSSR count). The van der Waals surface area contributed by atoms with Crippen molar-refractivity contribution in [2.45, 2.75) is 424 Å². The van der Waals surface area contributed by atoms with E-state index >= 15 is 0 Å². The summed E-state index contributed by atoms with van der Waals surface area (Å²) in [4.78, 5) is 24.6. The zero-order chi connectivity index (χ0) is 56.4. The molecule has 2 atom stereocenters. The molecule has 1 amide bonds. The summed E-state index contributed by atoms with van der Waals surface area (Å²) < 4.78 is 5.49. The van der Waals surface area contributed by atoms with E-state index in [4.69, 9.17) is 4.74 Å². The van der Waals surface area contributed by atoms with Crippen LogP contribution in [0.25, 0.3) is 0 Å². The van der Waals surface area contributed by atoms with Gasteiger partial charge < -0.3 is 20.3 Å². The molecule has 0 heterocycles. The lowest BCUT2D eigenvalue weighted by molar-refractivity contribution is -0.143.